The number of carbonyl (C=O) groups is 1. The van der Waals surface area contributed by atoms with Gasteiger partial charge in [-0.3, -0.25) is 9.69 Å². The van der Waals surface area contributed by atoms with Crippen LogP contribution in [0.1, 0.15) is 31.7 Å². The molecule has 0 aliphatic carbocycles. The van der Waals surface area contributed by atoms with Gasteiger partial charge >= 0.3 is 0 Å². The minimum absolute atomic E-state index is 0.113. The summed E-state index contributed by atoms with van der Waals surface area (Å²) in [6.07, 6.45) is 2.13. The van der Waals surface area contributed by atoms with Crippen LogP contribution in [0.4, 0.5) is 10.1 Å². The van der Waals surface area contributed by atoms with Crippen LogP contribution in [0.25, 0.3) is 0 Å². The maximum absolute atomic E-state index is 14.6. The molecule has 2 aliphatic heterocycles. The predicted molar refractivity (Wildman–Crippen MR) is 123 cm³/mol. The maximum atomic E-state index is 14.6. The van der Waals surface area contributed by atoms with Crippen molar-refractivity contribution in [2.75, 3.05) is 31.2 Å². The Kier molecular flexibility index (Phi) is 7.06. The van der Waals surface area contributed by atoms with Crippen molar-refractivity contribution in [1.29, 1.82) is 0 Å². The number of halogens is 2. The number of nitrogens with two attached hydrogens (primary N) is 1. The van der Waals surface area contributed by atoms with E-state index in [0.29, 0.717) is 42.5 Å². The second-order valence-electron chi connectivity index (χ2n) is 8.48. The van der Waals surface area contributed by atoms with E-state index in [0.717, 1.165) is 37.4 Å². The van der Waals surface area contributed by atoms with E-state index in [9.17, 15) is 9.18 Å². The zero-order valence-electron chi connectivity index (χ0n) is 18.2. The number of fused-ring (bicyclic) bond motifs is 1. The van der Waals surface area contributed by atoms with Crippen molar-refractivity contribution in [3.63, 3.8) is 0 Å². The molecule has 0 saturated carbocycles. The molecule has 4 rings (SSSR count). The fourth-order valence-corrected chi connectivity index (χ4v) is 4.74. The Morgan fingerprint density at radius 2 is 1.91 bits per heavy atom. The molecule has 0 bridgehead atoms. The number of primary amides is 1. The molecule has 2 N–H and O–H groups in total. The largest absolute Gasteiger partial charge is 0.486 e. The number of nitrogens with zero attached hydrogens (tertiary/aromatic N) is 2. The van der Waals surface area contributed by atoms with Crippen LogP contribution in [0.2, 0.25) is 5.02 Å². The van der Waals surface area contributed by atoms with Gasteiger partial charge in [-0.1, -0.05) is 11.6 Å². The lowest BCUT2D eigenvalue weighted by atomic mass is 9.99. The number of carbonyl (C=O) groups excluding carboxylic acids is 1. The van der Waals surface area contributed by atoms with E-state index in [1.807, 2.05) is 25.1 Å². The first-order valence-corrected chi connectivity index (χ1v) is 11.4. The van der Waals surface area contributed by atoms with Crippen LogP contribution >= 0.6 is 11.6 Å². The first-order valence-electron chi connectivity index (χ1n) is 11.0. The normalized spacial score (nSPS) is 17.7. The van der Waals surface area contributed by atoms with Crippen LogP contribution in [0.3, 0.4) is 0 Å². The Bertz CT molecular complexity index is 966. The third-order valence-corrected chi connectivity index (χ3v) is 6.50. The second kappa shape index (κ2) is 9.96. The third-order valence-electron chi connectivity index (χ3n) is 6.27. The molecule has 8 heteroatoms. The van der Waals surface area contributed by atoms with E-state index in [4.69, 9.17) is 26.8 Å². The van der Waals surface area contributed by atoms with Gasteiger partial charge in [-0.2, -0.15) is 0 Å². The number of benzene rings is 2. The summed E-state index contributed by atoms with van der Waals surface area (Å²) in [5.41, 5.74) is 6.89. The van der Waals surface area contributed by atoms with Crippen molar-refractivity contribution in [2.24, 2.45) is 5.73 Å². The number of amides is 1. The number of ether oxygens (including phenoxy) is 2. The van der Waals surface area contributed by atoms with Crippen LogP contribution in [0.5, 0.6) is 11.5 Å². The quantitative estimate of drug-likeness (QED) is 0.675. The zero-order chi connectivity index (χ0) is 22.7. The van der Waals surface area contributed by atoms with Gasteiger partial charge in [-0.15, -0.1) is 0 Å². The summed E-state index contributed by atoms with van der Waals surface area (Å²) in [5.74, 6) is 0.875. The van der Waals surface area contributed by atoms with Gasteiger partial charge in [0.1, 0.15) is 19.0 Å². The zero-order valence-corrected chi connectivity index (χ0v) is 19.0. The lowest BCUT2D eigenvalue weighted by Crippen LogP contribution is -2.48. The van der Waals surface area contributed by atoms with E-state index in [2.05, 4.69) is 9.80 Å². The summed E-state index contributed by atoms with van der Waals surface area (Å²) < 4.78 is 26.0. The Hall–Kier alpha value is -2.51. The highest BCUT2D eigenvalue weighted by molar-refractivity contribution is 6.30. The molecule has 2 aromatic carbocycles. The minimum Gasteiger partial charge on any atom is -0.486 e. The molecule has 172 valence electrons. The summed E-state index contributed by atoms with van der Waals surface area (Å²) in [5, 5.41) is 0.513. The number of rotatable bonds is 7. The molecule has 2 heterocycles. The number of hydrogen-bond acceptors (Lipinski definition) is 5. The number of piperidine rings is 1. The van der Waals surface area contributed by atoms with Gasteiger partial charge in [0.25, 0.3) is 0 Å². The first kappa shape index (κ1) is 22.7. The van der Waals surface area contributed by atoms with Crippen molar-refractivity contribution < 1.29 is 18.7 Å². The molecule has 1 fully saturated rings. The Balaban J connectivity index is 1.57. The first-order chi connectivity index (χ1) is 15.4. The molecule has 2 aliphatic rings. The van der Waals surface area contributed by atoms with E-state index in [1.54, 1.807) is 12.1 Å². The van der Waals surface area contributed by atoms with Gasteiger partial charge in [-0.25, -0.2) is 4.39 Å². The fourth-order valence-electron chi connectivity index (χ4n) is 4.55. The molecule has 2 aromatic rings. The van der Waals surface area contributed by atoms with Crippen molar-refractivity contribution >= 4 is 23.2 Å². The highest BCUT2D eigenvalue weighted by Crippen LogP contribution is 2.36. The van der Waals surface area contributed by atoms with Crippen LogP contribution in [-0.4, -0.2) is 49.2 Å². The molecule has 1 amide bonds. The van der Waals surface area contributed by atoms with E-state index >= 15 is 0 Å². The smallest absolute Gasteiger partial charge is 0.218 e. The van der Waals surface area contributed by atoms with Gasteiger partial charge in [0.15, 0.2) is 11.5 Å². The van der Waals surface area contributed by atoms with Gasteiger partial charge in [0.05, 0.1) is 0 Å². The molecule has 32 heavy (non-hydrogen) atoms. The molecule has 0 spiro atoms. The number of likely N-dealkylation sites (tertiary alicyclic amines) is 1. The highest BCUT2D eigenvalue weighted by Gasteiger charge is 2.29. The second-order valence-corrected chi connectivity index (χ2v) is 8.91. The van der Waals surface area contributed by atoms with E-state index < -0.39 is 0 Å². The summed E-state index contributed by atoms with van der Waals surface area (Å²) >= 11 is 6.16. The van der Waals surface area contributed by atoms with E-state index in [1.165, 1.54) is 6.07 Å². The topological polar surface area (TPSA) is 68.0 Å². The van der Waals surface area contributed by atoms with Crippen molar-refractivity contribution in [3.05, 3.63) is 52.8 Å². The molecule has 1 unspecified atom stereocenters. The molecular formula is C24H29ClFN3O3. The number of hydrogen-bond donors (Lipinski definition) is 1. The maximum Gasteiger partial charge on any atom is 0.218 e. The molecule has 1 atom stereocenters. The SMILES string of the molecule is CC(CC(N)=O)N1CCC(N(Cc2cc(Cl)ccc2F)c2ccc3c(c2)OCCO3)CC1. The molecule has 1 saturated heterocycles. The standard InChI is InChI=1S/C24H29ClFN3O3/c1-16(12-24(27)30)28-8-6-19(7-9-28)29(15-17-13-18(25)2-4-21(17)26)20-3-5-22-23(14-20)32-11-10-31-22/h2-5,13-14,16,19H,6-12,15H2,1H3,(H2,27,30). The summed E-state index contributed by atoms with van der Waals surface area (Å²) in [4.78, 5) is 15.8. The summed E-state index contributed by atoms with van der Waals surface area (Å²) in [7, 11) is 0. The van der Waals surface area contributed by atoms with Gasteiger partial charge in [0.2, 0.25) is 5.91 Å². The molecule has 0 aromatic heterocycles. The summed E-state index contributed by atoms with van der Waals surface area (Å²) in [6.45, 7) is 5.16. The average Bonchev–Trinajstić information content (AvgIpc) is 2.79. The van der Waals surface area contributed by atoms with Crippen molar-refractivity contribution in [2.45, 2.75) is 44.8 Å². The van der Waals surface area contributed by atoms with Crippen molar-refractivity contribution in [1.82, 2.24) is 4.90 Å². The van der Waals surface area contributed by atoms with E-state index in [-0.39, 0.29) is 23.8 Å². The summed E-state index contributed by atoms with van der Waals surface area (Å²) in [6, 6.07) is 10.9. The van der Waals surface area contributed by atoms with Crippen LogP contribution in [0, 0.1) is 5.82 Å². The van der Waals surface area contributed by atoms with Crippen LogP contribution < -0.4 is 20.1 Å². The fraction of sp³-hybridized carbons (Fsp3) is 0.458. The molecule has 0 radical (unpaired) electrons. The highest BCUT2D eigenvalue weighted by atomic mass is 35.5. The number of anilines is 1. The van der Waals surface area contributed by atoms with Crippen molar-refractivity contribution in [3.8, 4) is 11.5 Å². The Morgan fingerprint density at radius 3 is 2.62 bits per heavy atom. The van der Waals surface area contributed by atoms with Gasteiger partial charge in [0, 0.05) is 60.5 Å². The third kappa shape index (κ3) is 5.27. The lowest BCUT2D eigenvalue weighted by molar-refractivity contribution is -0.119. The lowest BCUT2D eigenvalue weighted by Gasteiger charge is -2.42. The van der Waals surface area contributed by atoms with Crippen LogP contribution in [0.15, 0.2) is 36.4 Å². The molecular weight excluding hydrogens is 433 g/mol. The molecule has 6 nitrogen and oxygen atoms in total. The Labute approximate surface area is 193 Å². The van der Waals surface area contributed by atoms with Gasteiger partial charge < -0.3 is 20.1 Å². The Morgan fingerprint density at radius 1 is 1.19 bits per heavy atom. The van der Waals surface area contributed by atoms with Gasteiger partial charge in [-0.05, 0) is 50.1 Å². The minimum atomic E-state index is -0.283. The monoisotopic (exact) mass is 461 g/mol. The van der Waals surface area contributed by atoms with Crippen LogP contribution in [-0.2, 0) is 11.3 Å². The predicted octanol–water partition coefficient (Wildman–Crippen LogP) is 3.99. The average molecular weight is 462 g/mol.